The van der Waals surface area contributed by atoms with Gasteiger partial charge in [0.25, 0.3) is 0 Å². The number of carboxylic acid groups (broad SMARTS) is 1. The van der Waals surface area contributed by atoms with Gasteiger partial charge < -0.3 is 5.11 Å². The van der Waals surface area contributed by atoms with E-state index in [0.29, 0.717) is 0 Å². The van der Waals surface area contributed by atoms with E-state index in [0.717, 1.165) is 0 Å². The second-order valence-electron chi connectivity index (χ2n) is 4.50. The van der Waals surface area contributed by atoms with Crippen LogP contribution < -0.4 is 0 Å². The van der Waals surface area contributed by atoms with E-state index in [9.17, 15) is 14.9 Å². The van der Waals surface area contributed by atoms with E-state index in [2.05, 4.69) is 10.2 Å². The van der Waals surface area contributed by atoms with E-state index < -0.39 is 10.9 Å². The van der Waals surface area contributed by atoms with Crippen molar-refractivity contribution >= 4 is 11.7 Å². The third-order valence-electron chi connectivity index (χ3n) is 2.73. The molecule has 0 fully saturated rings. The quantitative estimate of drug-likeness (QED) is 0.670. The van der Waals surface area contributed by atoms with Crippen LogP contribution in [-0.2, 0) is 0 Å². The summed E-state index contributed by atoms with van der Waals surface area (Å²) in [7, 11) is 0. The van der Waals surface area contributed by atoms with Gasteiger partial charge >= 0.3 is 11.7 Å². The minimum atomic E-state index is -1.20. The van der Waals surface area contributed by atoms with Crippen LogP contribution in [0.5, 0.6) is 0 Å². The van der Waals surface area contributed by atoms with Gasteiger partial charge in [-0.15, -0.1) is 0 Å². The molecule has 0 atom stereocenters. The number of nitro groups is 1. The largest absolute Gasteiger partial charge is 0.476 e. The first-order valence-corrected chi connectivity index (χ1v) is 5.85. The lowest BCUT2D eigenvalue weighted by Gasteiger charge is -2.09. The molecule has 0 saturated carbocycles. The fourth-order valence-corrected chi connectivity index (χ4v) is 1.87. The average molecular weight is 279 g/mol. The van der Waals surface area contributed by atoms with E-state index in [1.807, 2.05) is 13.8 Å². The molecule has 0 aliphatic rings. The van der Waals surface area contributed by atoms with Crippen LogP contribution in [0.2, 0.25) is 0 Å². The van der Waals surface area contributed by atoms with Crippen molar-refractivity contribution in [1.82, 2.24) is 19.6 Å². The third-order valence-corrected chi connectivity index (χ3v) is 2.73. The summed E-state index contributed by atoms with van der Waals surface area (Å²) in [6.45, 7) is 5.17. The van der Waals surface area contributed by atoms with E-state index >= 15 is 0 Å². The Bertz CT molecular complexity index is 685. The summed E-state index contributed by atoms with van der Waals surface area (Å²) in [6, 6.07) is 1.15. The number of carbonyl (C=O) groups is 1. The first-order valence-electron chi connectivity index (χ1n) is 5.85. The lowest BCUT2D eigenvalue weighted by Crippen LogP contribution is -2.12. The predicted octanol–water partition coefficient (Wildman–Crippen LogP) is 1.56. The Morgan fingerprint density at radius 1 is 1.45 bits per heavy atom. The lowest BCUT2D eigenvalue weighted by atomic mass is 10.3. The van der Waals surface area contributed by atoms with Crippen molar-refractivity contribution in [3.63, 3.8) is 0 Å². The topological polar surface area (TPSA) is 116 Å². The van der Waals surface area contributed by atoms with Gasteiger partial charge in [-0.25, -0.2) is 14.2 Å². The molecule has 106 valence electrons. The van der Waals surface area contributed by atoms with Crippen LogP contribution in [0.1, 0.15) is 36.1 Å². The molecule has 0 unspecified atom stereocenters. The fourth-order valence-electron chi connectivity index (χ4n) is 1.87. The van der Waals surface area contributed by atoms with Crippen LogP contribution in [0, 0.1) is 17.0 Å². The molecule has 0 amide bonds. The molecule has 9 heteroatoms. The van der Waals surface area contributed by atoms with Gasteiger partial charge in [-0.3, -0.25) is 10.1 Å². The molecule has 0 aliphatic heterocycles. The second-order valence-corrected chi connectivity index (χ2v) is 4.50. The van der Waals surface area contributed by atoms with Gasteiger partial charge in [-0.05, 0) is 26.8 Å². The van der Waals surface area contributed by atoms with Crippen molar-refractivity contribution < 1.29 is 14.8 Å². The molecule has 0 bridgehead atoms. The monoisotopic (exact) mass is 279 g/mol. The highest BCUT2D eigenvalue weighted by molar-refractivity contribution is 5.85. The predicted molar refractivity (Wildman–Crippen MR) is 68.1 cm³/mol. The van der Waals surface area contributed by atoms with Crippen molar-refractivity contribution in [2.24, 2.45) is 0 Å². The summed E-state index contributed by atoms with van der Waals surface area (Å²) in [6.07, 6.45) is 1.37. The van der Waals surface area contributed by atoms with Crippen molar-refractivity contribution in [3.8, 4) is 5.82 Å². The number of aromatic nitrogens is 4. The number of aromatic carboxylic acids is 1. The Morgan fingerprint density at radius 3 is 2.55 bits per heavy atom. The zero-order valence-electron chi connectivity index (χ0n) is 11.1. The summed E-state index contributed by atoms with van der Waals surface area (Å²) in [5, 5.41) is 28.0. The van der Waals surface area contributed by atoms with E-state index in [-0.39, 0.29) is 28.9 Å². The van der Waals surface area contributed by atoms with Gasteiger partial charge in [0, 0.05) is 12.2 Å². The Morgan fingerprint density at radius 2 is 2.10 bits per heavy atom. The van der Waals surface area contributed by atoms with Gasteiger partial charge in [0.05, 0.1) is 4.92 Å². The standard InChI is InChI=1S/C11H13N5O4/c1-6(2)15-10(9(16(19)20)7(3)12-15)14-5-4-8(13-14)11(17)18/h4-6H,1-3H3,(H,17,18). The molecule has 0 spiro atoms. The highest BCUT2D eigenvalue weighted by Crippen LogP contribution is 2.28. The van der Waals surface area contributed by atoms with E-state index in [4.69, 9.17) is 5.11 Å². The van der Waals surface area contributed by atoms with Gasteiger partial charge in [0.2, 0.25) is 5.82 Å². The molecule has 0 saturated heterocycles. The normalized spacial score (nSPS) is 11.0. The smallest absolute Gasteiger partial charge is 0.356 e. The van der Waals surface area contributed by atoms with Crippen LogP contribution in [0.3, 0.4) is 0 Å². The molecule has 2 heterocycles. The number of rotatable bonds is 4. The fraction of sp³-hybridized carbons (Fsp3) is 0.364. The highest BCUT2D eigenvalue weighted by atomic mass is 16.6. The van der Waals surface area contributed by atoms with Crippen LogP contribution in [0.25, 0.3) is 5.82 Å². The Labute approximate surface area is 113 Å². The second kappa shape index (κ2) is 4.76. The van der Waals surface area contributed by atoms with Crippen LogP contribution >= 0.6 is 0 Å². The van der Waals surface area contributed by atoms with Gasteiger partial charge in [-0.1, -0.05) is 0 Å². The molecular formula is C11H13N5O4. The molecule has 9 nitrogen and oxygen atoms in total. The maximum Gasteiger partial charge on any atom is 0.356 e. The van der Waals surface area contributed by atoms with Gasteiger partial charge in [0.1, 0.15) is 5.69 Å². The van der Waals surface area contributed by atoms with Gasteiger partial charge in [0.15, 0.2) is 5.69 Å². The summed E-state index contributed by atoms with van der Waals surface area (Å²) >= 11 is 0. The van der Waals surface area contributed by atoms with Crippen LogP contribution in [0.15, 0.2) is 12.3 Å². The van der Waals surface area contributed by atoms with Crippen molar-refractivity contribution in [3.05, 3.63) is 33.8 Å². The number of carboxylic acids is 1. The Kier molecular flexibility index (Phi) is 3.26. The maximum atomic E-state index is 11.2. The molecule has 2 aromatic heterocycles. The highest BCUT2D eigenvalue weighted by Gasteiger charge is 2.28. The minimum absolute atomic E-state index is 0.130. The zero-order chi connectivity index (χ0) is 15.0. The molecule has 1 N–H and O–H groups in total. The van der Waals surface area contributed by atoms with Crippen LogP contribution in [-0.4, -0.2) is 35.6 Å². The average Bonchev–Trinajstić information content (AvgIpc) is 2.91. The first kappa shape index (κ1) is 13.7. The Balaban J connectivity index is 2.69. The summed E-state index contributed by atoms with van der Waals surface area (Å²) in [5.41, 5.74) is -0.113. The lowest BCUT2D eigenvalue weighted by molar-refractivity contribution is -0.385. The molecule has 0 aliphatic carbocycles. The first-order chi connectivity index (χ1) is 9.32. The number of hydrogen-bond acceptors (Lipinski definition) is 5. The Hall–Kier alpha value is -2.71. The summed E-state index contributed by atoms with van der Waals surface area (Å²) in [4.78, 5) is 21.5. The summed E-state index contributed by atoms with van der Waals surface area (Å²) in [5.74, 6) is -1.05. The number of aryl methyl sites for hydroxylation is 1. The molecule has 2 aromatic rings. The van der Waals surface area contributed by atoms with Crippen molar-refractivity contribution in [2.45, 2.75) is 26.8 Å². The third kappa shape index (κ3) is 2.13. The van der Waals surface area contributed by atoms with Crippen LogP contribution in [0.4, 0.5) is 5.69 Å². The van der Waals surface area contributed by atoms with E-state index in [1.54, 1.807) is 0 Å². The number of hydrogen-bond donors (Lipinski definition) is 1. The molecule has 2 rings (SSSR count). The van der Waals surface area contributed by atoms with Crippen molar-refractivity contribution in [1.29, 1.82) is 0 Å². The maximum absolute atomic E-state index is 11.2. The van der Waals surface area contributed by atoms with Crippen molar-refractivity contribution in [2.75, 3.05) is 0 Å². The summed E-state index contributed by atoms with van der Waals surface area (Å²) < 4.78 is 2.62. The van der Waals surface area contributed by atoms with E-state index in [1.165, 1.54) is 28.6 Å². The molecule has 0 aromatic carbocycles. The molecule has 20 heavy (non-hydrogen) atoms. The zero-order valence-corrected chi connectivity index (χ0v) is 11.1. The molecular weight excluding hydrogens is 266 g/mol. The number of nitrogens with zero attached hydrogens (tertiary/aromatic N) is 5. The SMILES string of the molecule is Cc1nn(C(C)C)c(-n2ccc(C(=O)O)n2)c1[N+](=O)[O-]. The van der Waals surface area contributed by atoms with Gasteiger partial charge in [-0.2, -0.15) is 10.2 Å². The minimum Gasteiger partial charge on any atom is -0.476 e. The molecule has 0 radical (unpaired) electrons.